The maximum Gasteiger partial charge on any atom is 0.135 e. The summed E-state index contributed by atoms with van der Waals surface area (Å²) in [6.45, 7) is 17.0. The van der Waals surface area contributed by atoms with Gasteiger partial charge < -0.3 is 42.8 Å². The van der Waals surface area contributed by atoms with E-state index in [4.69, 9.17) is 37.9 Å². The fourth-order valence-electron chi connectivity index (χ4n) is 6.79. The first-order valence-electron chi connectivity index (χ1n) is 20.8. The molecule has 1 aliphatic heterocycles. The van der Waals surface area contributed by atoms with Crippen molar-refractivity contribution in [2.24, 2.45) is 5.92 Å². The zero-order valence-electron chi connectivity index (χ0n) is 35.4. The lowest BCUT2D eigenvalue weighted by molar-refractivity contribution is 0.0731. The minimum Gasteiger partial charge on any atom is -0.496 e. The molecule has 0 radical (unpaired) electrons. The fourth-order valence-corrected chi connectivity index (χ4v) is 9.01. The third-order valence-corrected chi connectivity index (χ3v) is 13.1. The van der Waals surface area contributed by atoms with Gasteiger partial charge in [0.15, 0.2) is 0 Å². The van der Waals surface area contributed by atoms with Crippen molar-refractivity contribution in [3.63, 3.8) is 0 Å². The molecule has 0 spiro atoms. The highest BCUT2D eigenvalue weighted by Crippen LogP contribution is 2.50. The number of benzene rings is 2. The summed E-state index contributed by atoms with van der Waals surface area (Å²) >= 11 is 0. The molecule has 0 aromatic heterocycles. The van der Waals surface area contributed by atoms with Gasteiger partial charge in [-0.2, -0.15) is 0 Å². The number of ether oxygens (including phenoxy) is 8. The van der Waals surface area contributed by atoms with Gasteiger partial charge in [0.05, 0.1) is 60.0 Å². The molecule has 56 heavy (non-hydrogen) atoms. The number of anilines is 1. The minimum absolute atomic E-state index is 0.244. The summed E-state index contributed by atoms with van der Waals surface area (Å²) in [5, 5.41) is 0. The highest BCUT2D eigenvalue weighted by molar-refractivity contribution is 7.58. The molecule has 3 atom stereocenters. The molecular formula is C46H70NO8P. The average Bonchev–Trinajstić information content (AvgIpc) is 3.21. The van der Waals surface area contributed by atoms with E-state index in [9.17, 15) is 0 Å². The first-order chi connectivity index (χ1) is 27.4. The number of rotatable bonds is 30. The number of unbranched alkanes of at least 4 members (excludes halogenated alkanes) is 2. The van der Waals surface area contributed by atoms with E-state index in [1.54, 1.807) is 21.3 Å². The fraction of sp³-hybridized carbons (Fsp3) is 0.609. The smallest absolute Gasteiger partial charge is 0.135 e. The lowest BCUT2D eigenvalue weighted by atomic mass is 9.86. The highest BCUT2D eigenvalue weighted by atomic mass is 31.1. The van der Waals surface area contributed by atoms with Gasteiger partial charge >= 0.3 is 0 Å². The normalized spacial score (nSPS) is 15.9. The number of nitrogens with zero attached hydrogens (tertiary/aromatic N) is 1. The lowest BCUT2D eigenvalue weighted by Crippen LogP contribution is -2.31. The largest absolute Gasteiger partial charge is 0.496 e. The van der Waals surface area contributed by atoms with Gasteiger partial charge in [-0.05, 0) is 67.8 Å². The van der Waals surface area contributed by atoms with Crippen LogP contribution in [0.15, 0.2) is 66.0 Å². The second-order valence-corrected chi connectivity index (χ2v) is 17.3. The molecule has 0 amide bonds. The van der Waals surface area contributed by atoms with Gasteiger partial charge in [0, 0.05) is 80.2 Å². The molecule has 0 N–H and O–H groups in total. The Balaban J connectivity index is 1.62. The molecule has 0 bridgehead atoms. The van der Waals surface area contributed by atoms with Gasteiger partial charge in [0.1, 0.15) is 17.3 Å². The zero-order chi connectivity index (χ0) is 40.0. The summed E-state index contributed by atoms with van der Waals surface area (Å²) in [5.74, 6) is 3.26. The quantitative estimate of drug-likeness (QED) is 0.0568. The summed E-state index contributed by atoms with van der Waals surface area (Å²) in [5.41, 5.74) is 6.75. The van der Waals surface area contributed by atoms with E-state index in [0.717, 1.165) is 109 Å². The summed E-state index contributed by atoms with van der Waals surface area (Å²) in [7, 11) is 4.70. The zero-order valence-corrected chi connectivity index (χ0v) is 36.3. The SMILES string of the molecule is CCCCCOCCN(CCOCCOC)c1ccc(C2=C3C=CC(P(CCOCCOC)CCOCCC(C)CC)C=C3Oc3cc(C)ccc32)c(OC)c1. The molecule has 3 unspecified atom stereocenters. The Morgan fingerprint density at radius 3 is 2.11 bits per heavy atom. The maximum absolute atomic E-state index is 6.77. The van der Waals surface area contributed by atoms with E-state index in [0.29, 0.717) is 52.2 Å². The molecule has 312 valence electrons. The molecule has 0 saturated carbocycles. The van der Waals surface area contributed by atoms with Crippen molar-refractivity contribution in [3.05, 3.63) is 82.6 Å². The molecular weight excluding hydrogens is 725 g/mol. The minimum atomic E-state index is -0.464. The monoisotopic (exact) mass is 795 g/mol. The van der Waals surface area contributed by atoms with Crippen LogP contribution in [0.3, 0.4) is 0 Å². The van der Waals surface area contributed by atoms with E-state index in [2.05, 4.69) is 87.2 Å². The van der Waals surface area contributed by atoms with Gasteiger partial charge in [-0.1, -0.05) is 72.2 Å². The van der Waals surface area contributed by atoms with Crippen LogP contribution >= 0.6 is 7.92 Å². The Labute approximate surface area is 339 Å². The summed E-state index contributed by atoms with van der Waals surface area (Å²) in [6, 6.07) is 13.0. The number of fused-ring (bicyclic) bond motifs is 2. The van der Waals surface area contributed by atoms with Gasteiger partial charge in [-0.15, -0.1) is 0 Å². The standard InChI is InChI=1S/C46H70NO8P/c1-8-10-11-21-51-23-19-47(20-24-53-27-25-48-5)38-13-16-40(43(34-38)50-7)46-41-15-12-37(4)33-44(41)55-45-35-39(14-17-42(45)46)56(32-30-54-28-26-49-6)31-29-52-22-18-36(3)9-2/h12-17,33-36,39H,8-11,18-32H2,1-7H3. The van der Waals surface area contributed by atoms with Crippen molar-refractivity contribution < 1.29 is 37.9 Å². The average molecular weight is 796 g/mol. The second kappa shape index (κ2) is 26.3. The number of methoxy groups -OCH3 is 3. The third kappa shape index (κ3) is 14.6. The van der Waals surface area contributed by atoms with E-state index < -0.39 is 7.92 Å². The van der Waals surface area contributed by atoms with Crippen molar-refractivity contribution in [2.45, 2.75) is 65.5 Å². The Morgan fingerprint density at radius 1 is 0.750 bits per heavy atom. The second-order valence-electron chi connectivity index (χ2n) is 14.6. The molecule has 1 heterocycles. The Hall–Kier alpha value is -2.75. The predicted molar refractivity (Wildman–Crippen MR) is 231 cm³/mol. The first kappa shape index (κ1) is 45.9. The van der Waals surface area contributed by atoms with Crippen LogP contribution < -0.4 is 14.4 Å². The van der Waals surface area contributed by atoms with Crippen molar-refractivity contribution in [3.8, 4) is 11.5 Å². The predicted octanol–water partition coefficient (Wildman–Crippen LogP) is 9.29. The molecule has 10 heteroatoms. The van der Waals surface area contributed by atoms with Gasteiger partial charge in [0.25, 0.3) is 0 Å². The molecule has 2 aliphatic rings. The van der Waals surface area contributed by atoms with E-state index >= 15 is 0 Å². The number of hydrogen-bond donors (Lipinski definition) is 0. The Morgan fingerprint density at radius 2 is 1.43 bits per heavy atom. The molecule has 0 fully saturated rings. The van der Waals surface area contributed by atoms with Crippen molar-refractivity contribution in [2.75, 3.05) is 118 Å². The molecule has 2 aromatic rings. The van der Waals surface area contributed by atoms with Crippen LogP contribution in [0.4, 0.5) is 5.69 Å². The number of hydrogen-bond acceptors (Lipinski definition) is 9. The van der Waals surface area contributed by atoms with Crippen LogP contribution in [-0.4, -0.2) is 118 Å². The summed E-state index contributed by atoms with van der Waals surface area (Å²) < 4.78 is 47.4. The van der Waals surface area contributed by atoms with Crippen LogP contribution in [0.5, 0.6) is 11.5 Å². The third-order valence-electron chi connectivity index (χ3n) is 10.4. The van der Waals surface area contributed by atoms with Crippen LogP contribution in [0.1, 0.15) is 69.6 Å². The van der Waals surface area contributed by atoms with Crippen LogP contribution in [0.25, 0.3) is 5.57 Å². The Bertz CT molecular complexity index is 1530. The Kier molecular flexibility index (Phi) is 21.6. The summed E-state index contributed by atoms with van der Waals surface area (Å²) in [6.07, 6.45) is 14.7. The number of allylic oxidation sites excluding steroid dienone is 3. The molecule has 1 aliphatic carbocycles. The molecule has 2 aromatic carbocycles. The lowest BCUT2D eigenvalue weighted by Gasteiger charge is -2.32. The molecule has 9 nitrogen and oxygen atoms in total. The molecule has 4 rings (SSSR count). The molecule has 0 saturated heterocycles. The van der Waals surface area contributed by atoms with Gasteiger partial charge in [0.2, 0.25) is 0 Å². The maximum atomic E-state index is 6.77. The van der Waals surface area contributed by atoms with Crippen LogP contribution in [-0.2, 0) is 28.4 Å². The van der Waals surface area contributed by atoms with E-state index in [1.165, 1.54) is 19.3 Å². The number of aryl methyl sites for hydroxylation is 1. The first-order valence-corrected chi connectivity index (χ1v) is 22.6. The van der Waals surface area contributed by atoms with Crippen molar-refractivity contribution in [1.29, 1.82) is 0 Å². The van der Waals surface area contributed by atoms with Crippen LogP contribution in [0.2, 0.25) is 0 Å². The van der Waals surface area contributed by atoms with E-state index in [-0.39, 0.29) is 5.66 Å². The van der Waals surface area contributed by atoms with Crippen LogP contribution in [0, 0.1) is 12.8 Å². The van der Waals surface area contributed by atoms with Gasteiger partial charge in [-0.3, -0.25) is 0 Å². The topological polar surface area (TPSA) is 77.1 Å². The van der Waals surface area contributed by atoms with Crippen molar-refractivity contribution in [1.82, 2.24) is 0 Å². The van der Waals surface area contributed by atoms with E-state index in [1.807, 2.05) is 0 Å². The highest BCUT2D eigenvalue weighted by Gasteiger charge is 2.31. The summed E-state index contributed by atoms with van der Waals surface area (Å²) in [4.78, 5) is 2.32. The van der Waals surface area contributed by atoms with Gasteiger partial charge in [-0.25, -0.2) is 0 Å². The van der Waals surface area contributed by atoms with Crippen molar-refractivity contribution >= 4 is 19.2 Å².